The van der Waals surface area contributed by atoms with E-state index in [2.05, 4.69) is 15.5 Å². The van der Waals surface area contributed by atoms with Gasteiger partial charge in [0.2, 0.25) is 5.13 Å². The van der Waals surface area contributed by atoms with Gasteiger partial charge in [-0.15, -0.1) is 10.2 Å². The summed E-state index contributed by atoms with van der Waals surface area (Å²) in [6, 6.07) is 14.9. The van der Waals surface area contributed by atoms with Crippen molar-refractivity contribution in [1.29, 1.82) is 0 Å². The third-order valence-electron chi connectivity index (χ3n) is 3.68. The van der Waals surface area contributed by atoms with Gasteiger partial charge in [-0.3, -0.25) is 10.1 Å². The summed E-state index contributed by atoms with van der Waals surface area (Å²) in [5.41, 5.74) is 1.98. The Morgan fingerprint density at radius 3 is 2.69 bits per heavy atom. The molecule has 7 heteroatoms. The molecule has 2 aromatic carbocycles. The number of nitrogens with one attached hydrogen (secondary N) is 1. The van der Waals surface area contributed by atoms with E-state index in [9.17, 15) is 4.79 Å². The molecule has 3 rings (SSSR count). The van der Waals surface area contributed by atoms with E-state index in [1.807, 2.05) is 50.2 Å². The van der Waals surface area contributed by atoms with Crippen LogP contribution < -0.4 is 10.1 Å². The van der Waals surface area contributed by atoms with Crippen LogP contribution in [0.15, 0.2) is 48.5 Å². The van der Waals surface area contributed by atoms with Gasteiger partial charge in [-0.05, 0) is 43.2 Å². The number of benzene rings is 2. The molecule has 0 saturated heterocycles. The van der Waals surface area contributed by atoms with Crippen LogP contribution in [0.3, 0.4) is 0 Å². The Hall–Kier alpha value is -2.44. The van der Waals surface area contributed by atoms with Crippen molar-refractivity contribution in [2.24, 2.45) is 0 Å². The minimum absolute atomic E-state index is 0.243. The summed E-state index contributed by atoms with van der Waals surface area (Å²) in [4.78, 5) is 12.5. The van der Waals surface area contributed by atoms with Gasteiger partial charge < -0.3 is 4.74 Å². The highest BCUT2D eigenvalue weighted by Gasteiger charge is 2.20. The minimum Gasteiger partial charge on any atom is -0.481 e. The molecule has 0 aliphatic heterocycles. The van der Waals surface area contributed by atoms with Gasteiger partial charge in [-0.2, -0.15) is 0 Å². The smallest absolute Gasteiger partial charge is 0.267 e. The zero-order valence-corrected chi connectivity index (χ0v) is 16.0. The summed E-state index contributed by atoms with van der Waals surface area (Å²) in [5, 5.41) is 12.8. The fourth-order valence-electron chi connectivity index (χ4n) is 2.34. The van der Waals surface area contributed by atoms with Crippen LogP contribution in [0.25, 0.3) is 10.6 Å². The zero-order chi connectivity index (χ0) is 18.5. The van der Waals surface area contributed by atoms with Crippen LogP contribution in [0.5, 0.6) is 5.75 Å². The van der Waals surface area contributed by atoms with Crippen molar-refractivity contribution in [2.75, 3.05) is 5.32 Å². The molecule has 0 radical (unpaired) electrons. The Morgan fingerprint density at radius 1 is 1.23 bits per heavy atom. The van der Waals surface area contributed by atoms with E-state index < -0.39 is 6.10 Å². The molecule has 0 spiro atoms. The van der Waals surface area contributed by atoms with E-state index >= 15 is 0 Å². The van der Waals surface area contributed by atoms with Gasteiger partial charge in [-0.25, -0.2) is 0 Å². The minimum atomic E-state index is -0.598. The normalized spacial score (nSPS) is 11.8. The predicted molar refractivity (Wildman–Crippen MR) is 105 cm³/mol. The molecule has 0 unspecified atom stereocenters. The molecule has 1 amide bonds. The molecule has 0 saturated carbocycles. The second-order valence-electron chi connectivity index (χ2n) is 5.74. The van der Waals surface area contributed by atoms with E-state index in [-0.39, 0.29) is 5.91 Å². The molecule has 1 heterocycles. The van der Waals surface area contributed by atoms with Crippen LogP contribution in [0.2, 0.25) is 5.02 Å². The highest BCUT2D eigenvalue weighted by atomic mass is 35.5. The van der Waals surface area contributed by atoms with Crippen molar-refractivity contribution in [2.45, 2.75) is 26.4 Å². The molecule has 134 valence electrons. The quantitative estimate of drug-likeness (QED) is 0.649. The fraction of sp³-hybridized carbons (Fsp3) is 0.211. The zero-order valence-electron chi connectivity index (χ0n) is 14.4. The van der Waals surface area contributed by atoms with E-state index in [1.165, 1.54) is 11.3 Å². The Morgan fingerprint density at radius 2 is 2.00 bits per heavy atom. The molecule has 1 atom stereocenters. The Balaban J connectivity index is 1.67. The van der Waals surface area contributed by atoms with Crippen LogP contribution in [0, 0.1) is 6.92 Å². The van der Waals surface area contributed by atoms with Gasteiger partial charge in [0.05, 0.1) is 0 Å². The van der Waals surface area contributed by atoms with Crippen LogP contribution >= 0.6 is 22.9 Å². The lowest BCUT2D eigenvalue weighted by atomic mass is 10.2. The van der Waals surface area contributed by atoms with Crippen LogP contribution in [0.1, 0.15) is 18.9 Å². The molecule has 26 heavy (non-hydrogen) atoms. The van der Waals surface area contributed by atoms with Gasteiger partial charge in [0.25, 0.3) is 5.91 Å². The monoisotopic (exact) mass is 387 g/mol. The number of ether oxygens (including phenoxy) is 1. The average molecular weight is 388 g/mol. The SMILES string of the molecule is CC[C@@H](Oc1cccc(C)c1)C(=O)Nc1nnc(-c2ccc(Cl)cc2)s1. The molecule has 0 aliphatic rings. The van der Waals surface area contributed by atoms with Crippen LogP contribution in [0.4, 0.5) is 5.13 Å². The maximum atomic E-state index is 12.5. The maximum absolute atomic E-state index is 12.5. The average Bonchev–Trinajstić information content (AvgIpc) is 3.08. The number of aromatic nitrogens is 2. The molecule has 0 aliphatic carbocycles. The molecule has 1 N–H and O–H groups in total. The van der Waals surface area contributed by atoms with Gasteiger partial charge in [0.15, 0.2) is 6.10 Å². The van der Waals surface area contributed by atoms with E-state index in [1.54, 1.807) is 12.1 Å². The number of carbonyl (C=O) groups is 1. The lowest BCUT2D eigenvalue weighted by Crippen LogP contribution is -2.32. The van der Waals surface area contributed by atoms with Crippen molar-refractivity contribution >= 4 is 34.0 Å². The number of rotatable bonds is 6. The Kier molecular flexibility index (Phi) is 5.85. The number of carbonyl (C=O) groups excluding carboxylic acids is 1. The predicted octanol–water partition coefficient (Wildman–Crippen LogP) is 4.96. The molecule has 5 nitrogen and oxygen atoms in total. The molecule has 3 aromatic rings. The van der Waals surface area contributed by atoms with Crippen LogP contribution in [-0.2, 0) is 4.79 Å². The summed E-state index contributed by atoms with van der Waals surface area (Å²) in [7, 11) is 0. The number of hydrogen-bond donors (Lipinski definition) is 1. The summed E-state index contributed by atoms with van der Waals surface area (Å²) >= 11 is 7.20. The summed E-state index contributed by atoms with van der Waals surface area (Å²) in [5.74, 6) is 0.430. The number of halogens is 1. The van der Waals surface area contributed by atoms with Crippen LogP contribution in [-0.4, -0.2) is 22.2 Å². The molecule has 1 aromatic heterocycles. The van der Waals surface area contributed by atoms with E-state index in [4.69, 9.17) is 16.3 Å². The number of amides is 1. The van der Waals surface area contributed by atoms with Gasteiger partial charge in [0, 0.05) is 10.6 Å². The molecule has 0 bridgehead atoms. The Labute approximate surface area is 161 Å². The first-order valence-electron chi connectivity index (χ1n) is 8.19. The van der Waals surface area contributed by atoms with E-state index in [0.29, 0.717) is 27.3 Å². The van der Waals surface area contributed by atoms with Gasteiger partial charge >= 0.3 is 0 Å². The first kappa shape index (κ1) is 18.4. The molecular formula is C19H18ClN3O2S. The van der Waals surface area contributed by atoms with Crippen molar-refractivity contribution in [1.82, 2.24) is 10.2 Å². The largest absolute Gasteiger partial charge is 0.481 e. The fourth-order valence-corrected chi connectivity index (χ4v) is 3.22. The highest BCUT2D eigenvalue weighted by Crippen LogP contribution is 2.27. The van der Waals surface area contributed by atoms with Crippen molar-refractivity contribution in [3.05, 3.63) is 59.1 Å². The summed E-state index contributed by atoms with van der Waals surface area (Å²) in [6.07, 6.45) is -0.0533. The summed E-state index contributed by atoms with van der Waals surface area (Å²) in [6.45, 7) is 3.88. The second-order valence-corrected chi connectivity index (χ2v) is 7.15. The lowest BCUT2D eigenvalue weighted by Gasteiger charge is -2.16. The number of aryl methyl sites for hydroxylation is 1. The molecule has 0 fully saturated rings. The summed E-state index contributed by atoms with van der Waals surface area (Å²) < 4.78 is 5.81. The third kappa shape index (κ3) is 4.59. The van der Waals surface area contributed by atoms with Crippen molar-refractivity contribution in [3.63, 3.8) is 0 Å². The van der Waals surface area contributed by atoms with Gasteiger partial charge in [-0.1, -0.05) is 54.1 Å². The number of nitrogens with zero attached hydrogens (tertiary/aromatic N) is 2. The van der Waals surface area contributed by atoms with Gasteiger partial charge in [0.1, 0.15) is 10.8 Å². The first-order chi connectivity index (χ1) is 12.5. The Bertz CT molecular complexity index is 896. The maximum Gasteiger partial charge on any atom is 0.267 e. The van der Waals surface area contributed by atoms with Crippen molar-refractivity contribution in [3.8, 4) is 16.3 Å². The third-order valence-corrected chi connectivity index (χ3v) is 4.82. The number of anilines is 1. The topological polar surface area (TPSA) is 64.1 Å². The highest BCUT2D eigenvalue weighted by molar-refractivity contribution is 7.18. The number of hydrogen-bond acceptors (Lipinski definition) is 5. The lowest BCUT2D eigenvalue weighted by molar-refractivity contribution is -0.122. The van der Waals surface area contributed by atoms with Crippen molar-refractivity contribution < 1.29 is 9.53 Å². The standard InChI is InChI=1S/C19H18ClN3O2S/c1-3-16(25-15-6-4-5-12(2)11-15)17(24)21-19-23-22-18(26-19)13-7-9-14(20)10-8-13/h4-11,16H,3H2,1-2H3,(H,21,23,24)/t16-/m1/s1. The van der Waals surface area contributed by atoms with E-state index in [0.717, 1.165) is 11.1 Å². The first-order valence-corrected chi connectivity index (χ1v) is 9.38. The molecular weight excluding hydrogens is 370 g/mol. The second kappa shape index (κ2) is 8.29.